The summed E-state index contributed by atoms with van der Waals surface area (Å²) in [6.45, 7) is 6.71. The maximum atomic E-state index is 5.74. The molecule has 0 aromatic heterocycles. The van der Waals surface area contributed by atoms with E-state index in [4.69, 9.17) is 14.2 Å². The van der Waals surface area contributed by atoms with Crippen molar-refractivity contribution in [3.05, 3.63) is 30.3 Å². The summed E-state index contributed by atoms with van der Waals surface area (Å²) in [4.78, 5) is 0. The summed E-state index contributed by atoms with van der Waals surface area (Å²) < 4.78 is 16.5. The van der Waals surface area contributed by atoms with Crippen molar-refractivity contribution < 1.29 is 14.2 Å². The first-order chi connectivity index (χ1) is 9.22. The number of para-hydroxylation sites is 1. The largest absolute Gasteiger partial charge is 0.491 e. The second-order valence-corrected chi connectivity index (χ2v) is 4.67. The average Bonchev–Trinajstić information content (AvgIpc) is 2.41. The summed E-state index contributed by atoms with van der Waals surface area (Å²) in [6.07, 6.45) is 0.0618. The number of ether oxygens (including phenoxy) is 3. The lowest BCUT2D eigenvalue weighted by Gasteiger charge is -2.19. The number of hydrogen-bond donors (Lipinski definition) is 1. The van der Waals surface area contributed by atoms with Gasteiger partial charge in [-0.1, -0.05) is 32.0 Å². The highest BCUT2D eigenvalue weighted by atomic mass is 16.5. The van der Waals surface area contributed by atoms with Crippen LogP contribution in [-0.2, 0) is 9.47 Å². The van der Waals surface area contributed by atoms with E-state index in [9.17, 15) is 0 Å². The van der Waals surface area contributed by atoms with Crippen LogP contribution < -0.4 is 10.1 Å². The molecule has 0 saturated carbocycles. The fourth-order valence-electron chi connectivity index (χ4n) is 1.61. The molecule has 19 heavy (non-hydrogen) atoms. The number of methoxy groups -OCH3 is 1. The molecule has 0 amide bonds. The summed E-state index contributed by atoms with van der Waals surface area (Å²) in [6, 6.07) is 10.2. The second-order valence-electron chi connectivity index (χ2n) is 4.67. The summed E-state index contributed by atoms with van der Waals surface area (Å²) in [5.74, 6) is 0.870. The van der Waals surface area contributed by atoms with E-state index in [1.807, 2.05) is 30.3 Å². The Bertz CT molecular complexity index is 316. The van der Waals surface area contributed by atoms with Crippen molar-refractivity contribution >= 4 is 0 Å². The lowest BCUT2D eigenvalue weighted by molar-refractivity contribution is -0.0122. The molecule has 0 heterocycles. The Kier molecular flexibility index (Phi) is 8.21. The minimum atomic E-state index is 0.0618. The van der Waals surface area contributed by atoms with E-state index in [-0.39, 0.29) is 6.10 Å². The first-order valence-corrected chi connectivity index (χ1v) is 6.74. The average molecular weight is 267 g/mol. The smallest absolute Gasteiger partial charge is 0.119 e. The number of nitrogens with one attached hydrogen (secondary N) is 1. The Hall–Kier alpha value is -1.10. The third kappa shape index (κ3) is 7.82. The second kappa shape index (κ2) is 9.78. The highest BCUT2D eigenvalue weighted by molar-refractivity contribution is 5.20. The van der Waals surface area contributed by atoms with Crippen LogP contribution >= 0.6 is 0 Å². The monoisotopic (exact) mass is 267 g/mol. The molecular formula is C15H25NO3. The number of hydrogen-bond acceptors (Lipinski definition) is 4. The van der Waals surface area contributed by atoms with Gasteiger partial charge in [0.05, 0.1) is 19.3 Å². The van der Waals surface area contributed by atoms with E-state index in [1.54, 1.807) is 7.11 Å². The number of benzene rings is 1. The Balaban J connectivity index is 2.17. The predicted octanol–water partition coefficient (Wildman–Crippen LogP) is 2.09. The third-order valence-electron chi connectivity index (χ3n) is 2.56. The van der Waals surface area contributed by atoms with Crippen molar-refractivity contribution in [1.82, 2.24) is 5.32 Å². The molecule has 1 atom stereocenters. The summed E-state index contributed by atoms with van der Waals surface area (Å²) >= 11 is 0. The van der Waals surface area contributed by atoms with Crippen LogP contribution in [0.25, 0.3) is 0 Å². The van der Waals surface area contributed by atoms with Crippen LogP contribution in [-0.4, -0.2) is 45.6 Å². The van der Waals surface area contributed by atoms with E-state index in [0.717, 1.165) is 12.3 Å². The Labute approximate surface area is 116 Å². The van der Waals surface area contributed by atoms with Gasteiger partial charge in [-0.3, -0.25) is 0 Å². The molecule has 1 N–H and O–H groups in total. The molecule has 0 saturated heterocycles. The van der Waals surface area contributed by atoms with Gasteiger partial charge in [0.1, 0.15) is 12.4 Å². The molecule has 108 valence electrons. The lowest BCUT2D eigenvalue weighted by Crippen LogP contribution is -2.36. The van der Waals surface area contributed by atoms with Gasteiger partial charge in [0.15, 0.2) is 0 Å². The first-order valence-electron chi connectivity index (χ1n) is 6.74. The van der Waals surface area contributed by atoms with E-state index in [2.05, 4.69) is 19.2 Å². The van der Waals surface area contributed by atoms with Gasteiger partial charge in [0, 0.05) is 19.7 Å². The van der Waals surface area contributed by atoms with Crippen molar-refractivity contribution in [2.75, 3.05) is 33.5 Å². The third-order valence-corrected chi connectivity index (χ3v) is 2.56. The van der Waals surface area contributed by atoms with Crippen molar-refractivity contribution in [3.63, 3.8) is 0 Å². The van der Waals surface area contributed by atoms with Crippen LogP contribution in [0.2, 0.25) is 0 Å². The molecule has 4 nitrogen and oxygen atoms in total. The first kappa shape index (κ1) is 16.0. The molecule has 0 aliphatic carbocycles. The van der Waals surface area contributed by atoms with Crippen molar-refractivity contribution in [3.8, 4) is 5.75 Å². The van der Waals surface area contributed by atoms with Crippen molar-refractivity contribution in [1.29, 1.82) is 0 Å². The maximum absolute atomic E-state index is 5.74. The molecular weight excluding hydrogens is 242 g/mol. The van der Waals surface area contributed by atoms with E-state index in [1.165, 1.54) is 0 Å². The SMILES string of the molecule is COCC(CNC(C)C)OCCOc1ccccc1. The summed E-state index contributed by atoms with van der Waals surface area (Å²) in [5.41, 5.74) is 0. The summed E-state index contributed by atoms with van der Waals surface area (Å²) in [7, 11) is 1.69. The quantitative estimate of drug-likeness (QED) is 0.659. The van der Waals surface area contributed by atoms with Gasteiger partial charge in [0.2, 0.25) is 0 Å². The fourth-order valence-corrected chi connectivity index (χ4v) is 1.61. The van der Waals surface area contributed by atoms with Crippen molar-refractivity contribution in [2.45, 2.75) is 26.0 Å². The zero-order valence-corrected chi connectivity index (χ0v) is 12.1. The Morgan fingerprint density at radius 2 is 1.84 bits per heavy atom. The van der Waals surface area contributed by atoms with Gasteiger partial charge in [-0.2, -0.15) is 0 Å². The minimum absolute atomic E-state index is 0.0618. The fraction of sp³-hybridized carbons (Fsp3) is 0.600. The van der Waals surface area contributed by atoms with Crippen LogP contribution in [0.4, 0.5) is 0 Å². The molecule has 0 radical (unpaired) electrons. The van der Waals surface area contributed by atoms with Gasteiger partial charge < -0.3 is 19.5 Å². The minimum Gasteiger partial charge on any atom is -0.491 e. The zero-order chi connectivity index (χ0) is 13.9. The highest BCUT2D eigenvalue weighted by Crippen LogP contribution is 2.07. The van der Waals surface area contributed by atoms with Gasteiger partial charge >= 0.3 is 0 Å². The van der Waals surface area contributed by atoms with Gasteiger partial charge in [-0.05, 0) is 12.1 Å². The van der Waals surface area contributed by atoms with E-state index in [0.29, 0.717) is 25.9 Å². The standard InChI is InChI=1S/C15H25NO3/c1-13(2)16-11-15(12-17-3)19-10-9-18-14-7-5-4-6-8-14/h4-8,13,15-16H,9-12H2,1-3H3. The molecule has 1 aromatic rings. The normalized spacial score (nSPS) is 12.6. The predicted molar refractivity (Wildman–Crippen MR) is 76.7 cm³/mol. The zero-order valence-electron chi connectivity index (χ0n) is 12.1. The Morgan fingerprint density at radius 3 is 2.47 bits per heavy atom. The molecule has 1 rings (SSSR count). The maximum Gasteiger partial charge on any atom is 0.119 e. The van der Waals surface area contributed by atoms with Crippen LogP contribution in [0.3, 0.4) is 0 Å². The molecule has 1 aromatic carbocycles. The van der Waals surface area contributed by atoms with Gasteiger partial charge in [0.25, 0.3) is 0 Å². The highest BCUT2D eigenvalue weighted by Gasteiger charge is 2.09. The molecule has 4 heteroatoms. The number of rotatable bonds is 10. The van der Waals surface area contributed by atoms with E-state index < -0.39 is 0 Å². The topological polar surface area (TPSA) is 39.7 Å². The molecule has 0 aliphatic heterocycles. The van der Waals surface area contributed by atoms with Crippen LogP contribution in [0.15, 0.2) is 30.3 Å². The molecule has 0 fully saturated rings. The molecule has 1 unspecified atom stereocenters. The van der Waals surface area contributed by atoms with Gasteiger partial charge in [-0.25, -0.2) is 0 Å². The Morgan fingerprint density at radius 1 is 1.11 bits per heavy atom. The molecule has 0 aliphatic rings. The van der Waals surface area contributed by atoms with Crippen molar-refractivity contribution in [2.24, 2.45) is 0 Å². The van der Waals surface area contributed by atoms with Crippen LogP contribution in [0.1, 0.15) is 13.8 Å². The molecule has 0 spiro atoms. The summed E-state index contributed by atoms with van der Waals surface area (Å²) in [5, 5.41) is 3.34. The van der Waals surface area contributed by atoms with Crippen LogP contribution in [0.5, 0.6) is 5.75 Å². The molecule has 0 bridgehead atoms. The van der Waals surface area contributed by atoms with Gasteiger partial charge in [-0.15, -0.1) is 0 Å². The lowest BCUT2D eigenvalue weighted by atomic mass is 10.3. The van der Waals surface area contributed by atoms with E-state index >= 15 is 0 Å². The van der Waals surface area contributed by atoms with Crippen LogP contribution in [0, 0.1) is 0 Å².